The van der Waals surface area contributed by atoms with E-state index < -0.39 is 0 Å². The first-order valence-electron chi connectivity index (χ1n) is 9.31. The number of quaternary nitrogens is 1. The largest absolute Gasteiger partial charge is 0.486 e. The lowest BCUT2D eigenvalue weighted by atomic mass is 9.95. The van der Waals surface area contributed by atoms with Crippen molar-refractivity contribution in [3.8, 4) is 5.75 Å². The maximum Gasteiger partial charge on any atom is 0.255 e. The van der Waals surface area contributed by atoms with Gasteiger partial charge in [0.15, 0.2) is 0 Å². The minimum absolute atomic E-state index is 0.0481. The van der Waals surface area contributed by atoms with E-state index in [1.807, 2.05) is 19.9 Å². The van der Waals surface area contributed by atoms with E-state index in [9.17, 15) is 4.79 Å². The Bertz CT molecular complexity index is 713. The van der Waals surface area contributed by atoms with Gasteiger partial charge in [-0.15, -0.1) is 0 Å². The Hall–Kier alpha value is -1.26. The minimum Gasteiger partial charge on any atom is -0.486 e. The summed E-state index contributed by atoms with van der Waals surface area (Å²) in [6, 6.07) is 5.23. The third kappa shape index (κ3) is 2.93. The monoisotopic (exact) mass is 363 g/mol. The summed E-state index contributed by atoms with van der Waals surface area (Å²) in [5, 5.41) is 3.87. The van der Waals surface area contributed by atoms with Crippen molar-refractivity contribution in [3.05, 3.63) is 28.3 Å². The lowest BCUT2D eigenvalue weighted by molar-refractivity contribution is -0.930. The molecule has 25 heavy (non-hydrogen) atoms. The van der Waals surface area contributed by atoms with Crippen LogP contribution in [-0.2, 0) is 6.42 Å². The predicted octanol–water partition coefficient (Wildman–Crippen LogP) is 3.55. The second-order valence-corrected chi connectivity index (χ2v) is 9.57. The van der Waals surface area contributed by atoms with Crippen LogP contribution >= 0.6 is 11.6 Å². The van der Waals surface area contributed by atoms with Gasteiger partial charge in [0.05, 0.1) is 31.7 Å². The first kappa shape index (κ1) is 17.2. The highest BCUT2D eigenvalue weighted by molar-refractivity contribution is 6.31. The molecule has 5 heteroatoms. The highest BCUT2D eigenvalue weighted by Crippen LogP contribution is 2.41. The second-order valence-electron chi connectivity index (χ2n) is 9.14. The summed E-state index contributed by atoms with van der Waals surface area (Å²) in [5.41, 5.74) is 1.33. The smallest absolute Gasteiger partial charge is 0.255 e. The fraction of sp³-hybridized carbons (Fsp3) is 0.650. The van der Waals surface area contributed by atoms with Crippen LogP contribution in [0, 0.1) is 0 Å². The number of nitrogens with one attached hydrogen (secondary N) is 1. The van der Waals surface area contributed by atoms with Crippen LogP contribution in [0.1, 0.15) is 55.5 Å². The number of nitrogens with zero attached hydrogens (tertiary/aromatic N) is 1. The van der Waals surface area contributed by atoms with Gasteiger partial charge < -0.3 is 14.5 Å². The zero-order valence-corrected chi connectivity index (χ0v) is 16.3. The molecular formula is C20H28ClN2O2+. The van der Waals surface area contributed by atoms with Gasteiger partial charge in [-0.1, -0.05) is 11.6 Å². The second kappa shape index (κ2) is 5.62. The zero-order chi connectivity index (χ0) is 18.0. The number of amides is 1. The molecule has 4 nitrogen and oxygen atoms in total. The maximum absolute atomic E-state index is 13.0. The lowest BCUT2D eigenvalue weighted by Gasteiger charge is -2.44. The van der Waals surface area contributed by atoms with Gasteiger partial charge in [-0.25, -0.2) is 0 Å². The summed E-state index contributed by atoms with van der Waals surface area (Å²) in [6.45, 7) is 4.09. The van der Waals surface area contributed by atoms with E-state index in [1.54, 1.807) is 6.07 Å². The van der Waals surface area contributed by atoms with Crippen LogP contribution in [0.25, 0.3) is 0 Å². The van der Waals surface area contributed by atoms with Crippen molar-refractivity contribution in [3.63, 3.8) is 0 Å². The fourth-order valence-electron chi connectivity index (χ4n) is 5.10. The van der Waals surface area contributed by atoms with Crippen molar-refractivity contribution < 1.29 is 14.0 Å². The van der Waals surface area contributed by atoms with E-state index in [0.29, 0.717) is 28.4 Å². The van der Waals surface area contributed by atoms with Crippen LogP contribution in [0.15, 0.2) is 12.1 Å². The topological polar surface area (TPSA) is 38.3 Å². The molecule has 4 rings (SSSR count). The highest BCUT2D eigenvalue weighted by atomic mass is 35.5. The van der Waals surface area contributed by atoms with Gasteiger partial charge in [0, 0.05) is 48.7 Å². The number of hydrogen-bond donors (Lipinski definition) is 1. The third-order valence-electron chi connectivity index (χ3n) is 6.53. The molecule has 0 saturated carbocycles. The van der Waals surface area contributed by atoms with E-state index in [4.69, 9.17) is 16.3 Å². The Labute approximate surface area is 155 Å². The lowest BCUT2D eigenvalue weighted by Crippen LogP contribution is -2.58. The maximum atomic E-state index is 13.0. The summed E-state index contributed by atoms with van der Waals surface area (Å²) < 4.78 is 7.16. The van der Waals surface area contributed by atoms with Gasteiger partial charge in [-0.3, -0.25) is 4.79 Å². The standard InChI is InChI=1S/C20H27ClN2O2/c1-20(2)11-12-7-13(21)8-17(18(12)25-20)19(24)22-14-9-15-5-6-16(10-14)23(15,3)4/h7-8,14-16H,5-6,9-11H2,1-4H3/p+1. The van der Waals surface area contributed by atoms with Crippen LogP contribution in [0.3, 0.4) is 0 Å². The van der Waals surface area contributed by atoms with Crippen molar-refractivity contribution in [1.29, 1.82) is 0 Å². The van der Waals surface area contributed by atoms with Crippen LogP contribution < -0.4 is 10.1 Å². The van der Waals surface area contributed by atoms with Crippen molar-refractivity contribution >= 4 is 17.5 Å². The number of ether oxygens (including phenoxy) is 1. The average molecular weight is 364 g/mol. The van der Waals surface area contributed by atoms with Crippen molar-refractivity contribution in [2.75, 3.05) is 14.1 Å². The SMILES string of the molecule is CC1(C)Cc2cc(Cl)cc(C(=O)NC3CC4CCC(C3)[N+]4(C)C)c2O1. The minimum atomic E-state index is -0.284. The number of rotatable bonds is 2. The Morgan fingerprint density at radius 2 is 1.88 bits per heavy atom. The van der Waals surface area contributed by atoms with Gasteiger partial charge in [0.2, 0.25) is 0 Å². The quantitative estimate of drug-likeness (QED) is 0.816. The summed E-state index contributed by atoms with van der Waals surface area (Å²) >= 11 is 6.26. The van der Waals surface area contributed by atoms with Crippen LogP contribution in [-0.4, -0.2) is 48.2 Å². The van der Waals surface area contributed by atoms with E-state index in [1.165, 1.54) is 12.8 Å². The Morgan fingerprint density at radius 1 is 1.24 bits per heavy atom. The Morgan fingerprint density at radius 3 is 2.52 bits per heavy atom. The summed E-state index contributed by atoms with van der Waals surface area (Å²) in [6.07, 6.45) is 5.44. The molecule has 2 atom stereocenters. The molecule has 136 valence electrons. The van der Waals surface area contributed by atoms with Crippen LogP contribution in [0.4, 0.5) is 0 Å². The molecule has 1 N–H and O–H groups in total. The molecule has 2 bridgehead atoms. The molecule has 0 spiro atoms. The molecule has 2 saturated heterocycles. The number of hydrogen-bond acceptors (Lipinski definition) is 2. The van der Waals surface area contributed by atoms with Gasteiger partial charge in [-0.05, 0) is 26.0 Å². The van der Waals surface area contributed by atoms with E-state index in [-0.39, 0.29) is 17.6 Å². The summed E-state index contributed by atoms with van der Waals surface area (Å²) in [4.78, 5) is 13.0. The summed E-state index contributed by atoms with van der Waals surface area (Å²) in [5.74, 6) is 0.662. The molecule has 3 aliphatic heterocycles. The highest BCUT2D eigenvalue weighted by Gasteiger charge is 2.49. The van der Waals surface area contributed by atoms with E-state index >= 15 is 0 Å². The first-order chi connectivity index (χ1) is 11.7. The fourth-order valence-corrected chi connectivity index (χ4v) is 5.34. The predicted molar refractivity (Wildman–Crippen MR) is 99.3 cm³/mol. The number of benzene rings is 1. The number of halogens is 1. The van der Waals surface area contributed by atoms with Gasteiger partial charge >= 0.3 is 0 Å². The van der Waals surface area contributed by atoms with Crippen LogP contribution in [0.2, 0.25) is 5.02 Å². The van der Waals surface area contributed by atoms with Gasteiger partial charge in [-0.2, -0.15) is 0 Å². The molecule has 2 fully saturated rings. The molecule has 1 amide bonds. The number of fused-ring (bicyclic) bond motifs is 3. The number of carbonyl (C=O) groups is 1. The summed E-state index contributed by atoms with van der Waals surface area (Å²) in [7, 11) is 4.67. The molecule has 3 aliphatic rings. The average Bonchev–Trinajstić information content (AvgIpc) is 2.84. The molecule has 1 aromatic carbocycles. The zero-order valence-electron chi connectivity index (χ0n) is 15.6. The molecule has 3 heterocycles. The molecular weight excluding hydrogens is 336 g/mol. The van der Waals surface area contributed by atoms with Crippen molar-refractivity contribution in [2.45, 2.75) is 69.7 Å². The van der Waals surface area contributed by atoms with Crippen LogP contribution in [0.5, 0.6) is 5.75 Å². The van der Waals surface area contributed by atoms with E-state index in [0.717, 1.165) is 29.3 Å². The first-order valence-corrected chi connectivity index (χ1v) is 9.69. The van der Waals surface area contributed by atoms with Crippen molar-refractivity contribution in [2.24, 2.45) is 0 Å². The molecule has 0 radical (unpaired) electrons. The number of carbonyl (C=O) groups excluding carboxylic acids is 1. The Balaban J connectivity index is 1.54. The third-order valence-corrected chi connectivity index (χ3v) is 6.75. The normalized spacial score (nSPS) is 31.3. The number of piperidine rings is 1. The Kier molecular flexibility index (Phi) is 3.86. The molecule has 1 aromatic rings. The molecule has 0 aliphatic carbocycles. The van der Waals surface area contributed by atoms with Gasteiger partial charge in [0.1, 0.15) is 11.4 Å². The molecule has 0 aromatic heterocycles. The van der Waals surface area contributed by atoms with Crippen molar-refractivity contribution in [1.82, 2.24) is 5.32 Å². The van der Waals surface area contributed by atoms with Gasteiger partial charge in [0.25, 0.3) is 5.91 Å². The van der Waals surface area contributed by atoms with E-state index in [2.05, 4.69) is 19.4 Å². The molecule has 2 unspecified atom stereocenters.